The fourth-order valence-electron chi connectivity index (χ4n) is 7.20. The number of aromatic nitrogens is 3. The Balaban J connectivity index is 1.14. The number of hydrogen-bond donors (Lipinski definition) is 1. The lowest BCUT2D eigenvalue weighted by atomic mass is 9.95. The van der Waals surface area contributed by atoms with Gasteiger partial charge in [-0.15, -0.1) is 0 Å². The number of pyridine rings is 1. The maximum atomic E-state index is 13.3. The highest BCUT2D eigenvalue weighted by Crippen LogP contribution is 2.38. The van der Waals surface area contributed by atoms with Gasteiger partial charge in [-0.1, -0.05) is 25.7 Å². The van der Waals surface area contributed by atoms with Crippen LogP contribution >= 0.6 is 0 Å². The second kappa shape index (κ2) is 9.48. The van der Waals surface area contributed by atoms with Crippen LogP contribution in [0.3, 0.4) is 0 Å². The number of piperidine rings is 1. The van der Waals surface area contributed by atoms with Crippen molar-refractivity contribution in [1.82, 2.24) is 25.0 Å². The number of fused-ring (bicyclic) bond motifs is 3. The Morgan fingerprint density at radius 2 is 1.68 bits per heavy atom. The molecule has 4 aliphatic rings. The number of nitrogens with one attached hydrogen (secondary N) is 1. The molecular weight excluding hydrogens is 424 g/mol. The normalized spacial score (nSPS) is 28.5. The summed E-state index contributed by atoms with van der Waals surface area (Å²) in [4.78, 5) is 23.4. The summed E-state index contributed by atoms with van der Waals surface area (Å²) < 4.78 is 1.78. The first-order valence-electron chi connectivity index (χ1n) is 13.8. The molecule has 2 bridgehead atoms. The molecule has 2 aromatic heterocycles. The summed E-state index contributed by atoms with van der Waals surface area (Å²) in [5.74, 6) is 1.87. The van der Waals surface area contributed by atoms with Gasteiger partial charge >= 0.3 is 0 Å². The van der Waals surface area contributed by atoms with Crippen molar-refractivity contribution >= 4 is 22.8 Å². The van der Waals surface area contributed by atoms with Crippen LogP contribution < -0.4 is 10.2 Å². The molecule has 1 saturated carbocycles. The quantitative estimate of drug-likeness (QED) is 0.716. The fourth-order valence-corrected chi connectivity index (χ4v) is 7.20. The molecule has 1 N–H and O–H groups in total. The molecule has 1 amide bonds. The van der Waals surface area contributed by atoms with E-state index < -0.39 is 0 Å². The number of aryl methyl sites for hydroxylation is 1. The molecular formula is C27H40N6O. The average molecular weight is 465 g/mol. The van der Waals surface area contributed by atoms with E-state index in [1.807, 2.05) is 7.05 Å². The van der Waals surface area contributed by atoms with Crippen LogP contribution in [-0.4, -0.2) is 63.3 Å². The van der Waals surface area contributed by atoms with E-state index in [9.17, 15) is 4.79 Å². The van der Waals surface area contributed by atoms with E-state index in [-0.39, 0.29) is 11.9 Å². The first-order chi connectivity index (χ1) is 16.7. The monoisotopic (exact) mass is 464 g/mol. The number of hydrogen-bond acceptors (Lipinski definition) is 5. The van der Waals surface area contributed by atoms with E-state index in [1.165, 1.54) is 70.8 Å². The number of carbonyl (C=O) groups is 1. The van der Waals surface area contributed by atoms with Crippen LogP contribution in [0.1, 0.15) is 87.5 Å². The minimum absolute atomic E-state index is 0.0384. The minimum atomic E-state index is -0.0384. The van der Waals surface area contributed by atoms with E-state index in [4.69, 9.17) is 4.98 Å². The van der Waals surface area contributed by atoms with Crippen LogP contribution in [0, 0.1) is 5.92 Å². The van der Waals surface area contributed by atoms with Crippen molar-refractivity contribution in [2.75, 3.05) is 24.5 Å². The number of amides is 1. The third-order valence-electron chi connectivity index (χ3n) is 8.98. The Morgan fingerprint density at radius 3 is 2.38 bits per heavy atom. The van der Waals surface area contributed by atoms with Crippen molar-refractivity contribution in [3.8, 4) is 0 Å². The van der Waals surface area contributed by atoms with Crippen molar-refractivity contribution < 1.29 is 4.79 Å². The van der Waals surface area contributed by atoms with Crippen LogP contribution in [0.5, 0.6) is 0 Å². The standard InChI is InChI=1S/C27H40N6O/c1-31-26-23(12-13-24(29-26)32-14-6-2-3-7-15-32)25(30-31)27(34)28-20-16-21-10-11-22(17-20)33(21)18-19-8-4-5-9-19/h12-13,19-22H,2-11,14-18H2,1H3,(H,28,34). The first kappa shape index (κ1) is 22.3. The molecule has 1 aliphatic carbocycles. The van der Waals surface area contributed by atoms with Gasteiger partial charge < -0.3 is 10.2 Å². The van der Waals surface area contributed by atoms with Crippen LogP contribution in [-0.2, 0) is 7.05 Å². The SMILES string of the molecule is Cn1nc(C(=O)NC2CC3CCC(C2)N3CC2CCCC2)c2ccc(N3CCCCCC3)nc21. The molecule has 0 spiro atoms. The third-order valence-corrected chi connectivity index (χ3v) is 8.98. The van der Waals surface area contributed by atoms with Gasteiger partial charge in [-0.2, -0.15) is 5.10 Å². The van der Waals surface area contributed by atoms with Gasteiger partial charge in [0.2, 0.25) is 0 Å². The zero-order chi connectivity index (χ0) is 23.1. The van der Waals surface area contributed by atoms with Crippen molar-refractivity contribution in [2.24, 2.45) is 13.0 Å². The smallest absolute Gasteiger partial charge is 0.272 e. The Labute approximate surface area is 203 Å². The second-order valence-corrected chi connectivity index (χ2v) is 11.3. The van der Waals surface area contributed by atoms with Gasteiger partial charge in [0, 0.05) is 44.8 Å². The van der Waals surface area contributed by atoms with Gasteiger partial charge in [0.1, 0.15) is 5.82 Å². The molecule has 2 atom stereocenters. The van der Waals surface area contributed by atoms with Crippen LogP contribution in [0.4, 0.5) is 5.82 Å². The molecule has 0 radical (unpaired) electrons. The average Bonchev–Trinajstić information content (AvgIpc) is 3.44. The van der Waals surface area contributed by atoms with E-state index in [0.29, 0.717) is 17.8 Å². The molecule has 4 fully saturated rings. The van der Waals surface area contributed by atoms with Crippen molar-refractivity contribution in [3.63, 3.8) is 0 Å². The van der Waals surface area contributed by atoms with E-state index in [1.54, 1.807) is 4.68 Å². The highest BCUT2D eigenvalue weighted by atomic mass is 16.2. The van der Waals surface area contributed by atoms with E-state index >= 15 is 0 Å². The second-order valence-electron chi connectivity index (χ2n) is 11.3. The number of nitrogens with zero attached hydrogens (tertiary/aromatic N) is 5. The van der Waals surface area contributed by atoms with E-state index in [2.05, 4.69) is 32.3 Å². The molecule has 2 aromatic rings. The lowest BCUT2D eigenvalue weighted by Crippen LogP contribution is -2.51. The van der Waals surface area contributed by atoms with Gasteiger partial charge in [0.25, 0.3) is 5.91 Å². The molecule has 34 heavy (non-hydrogen) atoms. The lowest BCUT2D eigenvalue weighted by molar-refractivity contribution is 0.0796. The predicted molar refractivity (Wildman–Crippen MR) is 135 cm³/mol. The summed E-state index contributed by atoms with van der Waals surface area (Å²) in [6, 6.07) is 5.67. The molecule has 7 nitrogen and oxygen atoms in total. The van der Waals surface area contributed by atoms with Crippen molar-refractivity contribution in [1.29, 1.82) is 0 Å². The zero-order valence-electron chi connectivity index (χ0n) is 20.7. The molecule has 3 saturated heterocycles. The maximum Gasteiger partial charge on any atom is 0.272 e. The highest BCUT2D eigenvalue weighted by Gasteiger charge is 2.42. The molecule has 0 aromatic carbocycles. The summed E-state index contributed by atoms with van der Waals surface area (Å²) in [5, 5.41) is 8.83. The zero-order valence-corrected chi connectivity index (χ0v) is 20.7. The highest BCUT2D eigenvalue weighted by molar-refractivity contribution is 6.04. The van der Waals surface area contributed by atoms with Gasteiger partial charge in [0.15, 0.2) is 11.3 Å². The fraction of sp³-hybridized carbons (Fsp3) is 0.741. The topological polar surface area (TPSA) is 66.3 Å². The number of rotatable bonds is 5. The van der Waals surface area contributed by atoms with Crippen LogP contribution in [0.15, 0.2) is 12.1 Å². The first-order valence-corrected chi connectivity index (χ1v) is 13.8. The number of carbonyl (C=O) groups excluding carboxylic acids is 1. The summed E-state index contributed by atoms with van der Waals surface area (Å²) in [7, 11) is 1.90. The van der Waals surface area contributed by atoms with Gasteiger partial charge in [-0.3, -0.25) is 9.69 Å². The lowest BCUT2D eigenvalue weighted by Gasteiger charge is -2.40. The molecule has 6 rings (SSSR count). The van der Waals surface area contributed by atoms with Gasteiger partial charge in [-0.25, -0.2) is 9.67 Å². The number of anilines is 1. The molecule has 7 heteroatoms. The Bertz CT molecular complexity index is 1010. The summed E-state index contributed by atoms with van der Waals surface area (Å²) >= 11 is 0. The van der Waals surface area contributed by atoms with Gasteiger partial charge in [-0.05, 0) is 69.4 Å². The molecule has 5 heterocycles. The maximum absolute atomic E-state index is 13.3. The third kappa shape index (κ3) is 4.32. The largest absolute Gasteiger partial charge is 0.357 e. The Morgan fingerprint density at radius 1 is 0.971 bits per heavy atom. The van der Waals surface area contributed by atoms with E-state index in [0.717, 1.165) is 48.7 Å². The van der Waals surface area contributed by atoms with Crippen LogP contribution in [0.2, 0.25) is 0 Å². The summed E-state index contributed by atoms with van der Waals surface area (Å²) in [6.07, 6.45) is 15.4. The van der Waals surface area contributed by atoms with Gasteiger partial charge in [0.05, 0.1) is 5.39 Å². The minimum Gasteiger partial charge on any atom is -0.357 e. The van der Waals surface area contributed by atoms with Crippen molar-refractivity contribution in [3.05, 3.63) is 17.8 Å². The molecule has 3 aliphatic heterocycles. The Kier molecular flexibility index (Phi) is 6.22. The van der Waals surface area contributed by atoms with Crippen molar-refractivity contribution in [2.45, 2.75) is 95.2 Å². The summed E-state index contributed by atoms with van der Waals surface area (Å²) in [5.41, 5.74) is 1.33. The molecule has 184 valence electrons. The molecule has 2 unspecified atom stereocenters. The Hall–Kier alpha value is -2.15. The predicted octanol–water partition coefficient (Wildman–Crippen LogP) is 4.26. The summed E-state index contributed by atoms with van der Waals surface area (Å²) in [6.45, 7) is 3.41. The van der Waals surface area contributed by atoms with Crippen LogP contribution in [0.25, 0.3) is 11.0 Å².